The van der Waals surface area contributed by atoms with Crippen molar-refractivity contribution >= 4 is 0 Å². The largest absolute Gasteiger partial charge is 0.324 e. The van der Waals surface area contributed by atoms with Crippen LogP contribution in [-0.4, -0.2) is 29.1 Å². The molecule has 0 unspecified atom stereocenters. The van der Waals surface area contributed by atoms with E-state index in [0.29, 0.717) is 0 Å². The minimum Gasteiger partial charge on any atom is -0.324 e. The fourth-order valence-electron chi connectivity index (χ4n) is 2.75. The van der Waals surface area contributed by atoms with Gasteiger partial charge in [-0.15, -0.1) is 0 Å². The van der Waals surface area contributed by atoms with Crippen molar-refractivity contribution in [2.45, 2.75) is 57.2 Å². The smallest absolute Gasteiger partial charge is 0.0226 e. The Morgan fingerprint density at radius 3 is 1.92 bits per heavy atom. The summed E-state index contributed by atoms with van der Waals surface area (Å²) in [5.41, 5.74) is 6.02. The SMILES string of the molecule is CC(C)(N)CN1C2CCC1CC2. The summed E-state index contributed by atoms with van der Waals surface area (Å²) >= 11 is 0. The van der Waals surface area contributed by atoms with Crippen molar-refractivity contribution in [2.75, 3.05) is 6.54 Å². The van der Waals surface area contributed by atoms with E-state index in [1.54, 1.807) is 0 Å². The molecule has 0 amide bonds. The third kappa shape index (κ3) is 1.50. The van der Waals surface area contributed by atoms with E-state index < -0.39 is 0 Å². The highest BCUT2D eigenvalue weighted by Gasteiger charge is 2.40. The van der Waals surface area contributed by atoms with Crippen molar-refractivity contribution < 1.29 is 0 Å². The van der Waals surface area contributed by atoms with Crippen molar-refractivity contribution in [3.8, 4) is 0 Å². The van der Waals surface area contributed by atoms with Gasteiger partial charge in [0.05, 0.1) is 0 Å². The standard InChI is InChI=1S/C10H20N2/c1-10(2,11)7-12-8-3-4-9(12)6-5-8/h8-9H,3-7,11H2,1-2H3. The molecule has 0 aromatic carbocycles. The molecular formula is C10H20N2. The Kier molecular flexibility index (Phi) is 1.92. The van der Waals surface area contributed by atoms with E-state index in [2.05, 4.69) is 18.7 Å². The highest BCUT2D eigenvalue weighted by molar-refractivity contribution is 4.97. The molecule has 0 aromatic rings. The fourth-order valence-corrected chi connectivity index (χ4v) is 2.75. The Morgan fingerprint density at radius 1 is 1.17 bits per heavy atom. The van der Waals surface area contributed by atoms with Gasteiger partial charge in [-0.1, -0.05) is 0 Å². The molecule has 2 saturated heterocycles. The van der Waals surface area contributed by atoms with Gasteiger partial charge < -0.3 is 5.73 Å². The van der Waals surface area contributed by atoms with Crippen LogP contribution >= 0.6 is 0 Å². The van der Waals surface area contributed by atoms with Gasteiger partial charge >= 0.3 is 0 Å². The third-order valence-corrected chi connectivity index (χ3v) is 3.19. The number of rotatable bonds is 2. The lowest BCUT2D eigenvalue weighted by atomic mass is 10.0. The number of hydrogen-bond acceptors (Lipinski definition) is 2. The van der Waals surface area contributed by atoms with Crippen LogP contribution in [0.2, 0.25) is 0 Å². The molecule has 12 heavy (non-hydrogen) atoms. The van der Waals surface area contributed by atoms with Crippen LogP contribution in [0.25, 0.3) is 0 Å². The van der Waals surface area contributed by atoms with Gasteiger partial charge in [-0.3, -0.25) is 4.90 Å². The van der Waals surface area contributed by atoms with Gasteiger partial charge in [0.25, 0.3) is 0 Å². The molecule has 2 heteroatoms. The maximum atomic E-state index is 6.03. The highest BCUT2D eigenvalue weighted by Crippen LogP contribution is 2.37. The molecule has 2 rings (SSSR count). The van der Waals surface area contributed by atoms with E-state index in [0.717, 1.165) is 18.6 Å². The van der Waals surface area contributed by atoms with E-state index in [1.165, 1.54) is 25.7 Å². The van der Waals surface area contributed by atoms with Crippen LogP contribution in [0.1, 0.15) is 39.5 Å². The van der Waals surface area contributed by atoms with Gasteiger partial charge in [-0.2, -0.15) is 0 Å². The van der Waals surface area contributed by atoms with E-state index in [9.17, 15) is 0 Å². The second-order valence-electron chi connectivity index (χ2n) is 5.12. The zero-order valence-corrected chi connectivity index (χ0v) is 8.21. The highest BCUT2D eigenvalue weighted by atomic mass is 15.2. The molecular weight excluding hydrogens is 148 g/mol. The van der Waals surface area contributed by atoms with Crippen molar-refractivity contribution in [1.29, 1.82) is 0 Å². The summed E-state index contributed by atoms with van der Waals surface area (Å²) in [5, 5.41) is 0. The summed E-state index contributed by atoms with van der Waals surface area (Å²) in [6, 6.07) is 1.75. The molecule has 0 radical (unpaired) electrons. The summed E-state index contributed by atoms with van der Waals surface area (Å²) in [6.07, 6.45) is 5.67. The molecule has 0 saturated carbocycles. The van der Waals surface area contributed by atoms with Crippen LogP contribution in [0, 0.1) is 0 Å². The minimum absolute atomic E-state index is 0.00875. The Balaban J connectivity index is 1.97. The summed E-state index contributed by atoms with van der Waals surface area (Å²) in [7, 11) is 0. The van der Waals surface area contributed by atoms with Crippen LogP contribution in [0.15, 0.2) is 0 Å². The summed E-state index contributed by atoms with van der Waals surface area (Å²) in [5.74, 6) is 0. The van der Waals surface area contributed by atoms with Gasteiger partial charge in [-0.05, 0) is 39.5 Å². The summed E-state index contributed by atoms with van der Waals surface area (Å²) < 4.78 is 0. The number of nitrogens with two attached hydrogens (primary N) is 1. The summed E-state index contributed by atoms with van der Waals surface area (Å²) in [6.45, 7) is 5.35. The number of hydrogen-bond donors (Lipinski definition) is 1. The molecule has 2 N–H and O–H groups in total. The topological polar surface area (TPSA) is 29.3 Å². The first-order valence-corrected chi connectivity index (χ1v) is 5.11. The first-order chi connectivity index (χ1) is 5.56. The first-order valence-electron chi connectivity index (χ1n) is 5.11. The van der Waals surface area contributed by atoms with Gasteiger partial charge in [0.2, 0.25) is 0 Å². The van der Waals surface area contributed by atoms with E-state index >= 15 is 0 Å². The van der Waals surface area contributed by atoms with Crippen molar-refractivity contribution in [3.63, 3.8) is 0 Å². The zero-order valence-electron chi connectivity index (χ0n) is 8.21. The number of nitrogens with zero attached hydrogens (tertiary/aromatic N) is 1. The van der Waals surface area contributed by atoms with Crippen LogP contribution < -0.4 is 5.73 Å². The zero-order chi connectivity index (χ0) is 8.77. The molecule has 2 nitrogen and oxygen atoms in total. The molecule has 0 aromatic heterocycles. The molecule has 0 spiro atoms. The average Bonchev–Trinajstić information content (AvgIpc) is 2.46. The molecule has 2 aliphatic heterocycles. The van der Waals surface area contributed by atoms with Crippen molar-refractivity contribution in [2.24, 2.45) is 5.73 Å². The van der Waals surface area contributed by atoms with Gasteiger partial charge in [0, 0.05) is 24.2 Å². The maximum absolute atomic E-state index is 6.03. The maximum Gasteiger partial charge on any atom is 0.0226 e. The lowest BCUT2D eigenvalue weighted by Gasteiger charge is -2.29. The predicted molar refractivity (Wildman–Crippen MR) is 51.0 cm³/mol. The summed E-state index contributed by atoms with van der Waals surface area (Å²) in [4.78, 5) is 2.64. The van der Waals surface area contributed by atoms with Gasteiger partial charge in [0.15, 0.2) is 0 Å². The minimum atomic E-state index is -0.00875. The second-order valence-corrected chi connectivity index (χ2v) is 5.12. The fraction of sp³-hybridized carbons (Fsp3) is 1.00. The predicted octanol–water partition coefficient (Wildman–Crippen LogP) is 1.35. The first kappa shape index (κ1) is 8.52. The van der Waals surface area contributed by atoms with E-state index in [1.807, 2.05) is 0 Å². The van der Waals surface area contributed by atoms with Crippen molar-refractivity contribution in [3.05, 3.63) is 0 Å². The quantitative estimate of drug-likeness (QED) is 0.674. The lowest BCUT2D eigenvalue weighted by molar-refractivity contribution is 0.207. The molecule has 2 aliphatic rings. The van der Waals surface area contributed by atoms with Crippen LogP contribution in [0.4, 0.5) is 0 Å². The van der Waals surface area contributed by atoms with Crippen molar-refractivity contribution in [1.82, 2.24) is 4.90 Å². The third-order valence-electron chi connectivity index (χ3n) is 3.19. The van der Waals surface area contributed by atoms with Crippen LogP contribution in [-0.2, 0) is 0 Å². The molecule has 2 fully saturated rings. The molecule has 0 atom stereocenters. The van der Waals surface area contributed by atoms with E-state index in [4.69, 9.17) is 5.73 Å². The number of fused-ring (bicyclic) bond motifs is 2. The van der Waals surface area contributed by atoms with E-state index in [-0.39, 0.29) is 5.54 Å². The average molecular weight is 168 g/mol. The monoisotopic (exact) mass is 168 g/mol. The molecule has 70 valence electrons. The van der Waals surface area contributed by atoms with Crippen LogP contribution in [0.3, 0.4) is 0 Å². The van der Waals surface area contributed by atoms with Gasteiger partial charge in [0.1, 0.15) is 0 Å². The normalized spacial score (nSPS) is 36.2. The second kappa shape index (κ2) is 2.71. The molecule has 2 bridgehead atoms. The molecule has 0 aliphatic carbocycles. The Morgan fingerprint density at radius 2 is 1.58 bits per heavy atom. The van der Waals surface area contributed by atoms with Gasteiger partial charge in [-0.25, -0.2) is 0 Å². The van der Waals surface area contributed by atoms with Crippen LogP contribution in [0.5, 0.6) is 0 Å². The Bertz CT molecular complexity index is 151. The molecule has 2 heterocycles. The lowest BCUT2D eigenvalue weighted by Crippen LogP contribution is -2.47. The Hall–Kier alpha value is -0.0800. The Labute approximate surface area is 75.1 Å².